The molecule has 5 amide bonds. The van der Waals surface area contributed by atoms with E-state index in [-0.39, 0.29) is 30.7 Å². The number of nitrogens with one attached hydrogen (secondary N) is 2. The molecule has 0 radical (unpaired) electrons. The van der Waals surface area contributed by atoms with Gasteiger partial charge >= 0.3 is 0 Å². The van der Waals surface area contributed by atoms with E-state index >= 15 is 0 Å². The fourth-order valence-electron chi connectivity index (χ4n) is 9.03. The van der Waals surface area contributed by atoms with Crippen LogP contribution in [0.4, 0.5) is 11.4 Å². The molecule has 4 aliphatic heterocycles. The topological polar surface area (TPSA) is 146 Å². The molecule has 1 aliphatic carbocycles. The summed E-state index contributed by atoms with van der Waals surface area (Å²) in [4.78, 5) is 71.8. The second-order valence-corrected chi connectivity index (χ2v) is 16.0. The van der Waals surface area contributed by atoms with Crippen LogP contribution in [0.3, 0.4) is 0 Å². The molecule has 55 heavy (non-hydrogen) atoms. The number of carbonyl (C=O) groups is 5. The second kappa shape index (κ2) is 15.1. The molecule has 12 nitrogen and oxygen atoms in total. The molecule has 8 rings (SSSR count). The number of hydrogen-bond acceptors (Lipinski definition) is 9. The van der Waals surface area contributed by atoms with Crippen molar-refractivity contribution >= 4 is 52.5 Å². The Labute approximate surface area is 325 Å². The van der Waals surface area contributed by atoms with E-state index in [9.17, 15) is 29.2 Å². The molecular weight excluding hydrogens is 718 g/mol. The number of amides is 5. The van der Waals surface area contributed by atoms with E-state index in [0.717, 1.165) is 85.6 Å². The van der Waals surface area contributed by atoms with Gasteiger partial charge in [0.05, 0.1) is 21.7 Å². The van der Waals surface area contributed by atoms with Crippen LogP contribution in [0.25, 0.3) is 0 Å². The zero-order valence-corrected chi connectivity index (χ0v) is 31.6. The third kappa shape index (κ3) is 7.31. The van der Waals surface area contributed by atoms with Crippen LogP contribution in [0.1, 0.15) is 99.1 Å². The third-order valence-corrected chi connectivity index (χ3v) is 12.5. The molecule has 3 aromatic carbocycles. The molecule has 13 heteroatoms. The van der Waals surface area contributed by atoms with E-state index in [1.54, 1.807) is 6.07 Å². The van der Waals surface area contributed by atoms with Crippen LogP contribution in [0.5, 0.6) is 0 Å². The molecule has 3 fully saturated rings. The molecule has 0 bridgehead atoms. The maximum Gasteiger partial charge on any atom is 0.262 e. The van der Waals surface area contributed by atoms with Crippen LogP contribution in [0.15, 0.2) is 54.6 Å². The predicted octanol–water partition coefficient (Wildman–Crippen LogP) is 5.02. The summed E-state index contributed by atoms with van der Waals surface area (Å²) < 4.78 is 0. The fraction of sp³-hybridized carbons (Fsp3) is 0.429. The largest absolute Gasteiger partial charge is 0.372 e. The van der Waals surface area contributed by atoms with E-state index in [1.807, 2.05) is 48.5 Å². The Balaban J connectivity index is 0.784. The molecule has 3 aromatic rings. The van der Waals surface area contributed by atoms with Crippen molar-refractivity contribution in [3.8, 4) is 6.07 Å². The number of hydrogen-bond donors (Lipinski definition) is 2. The highest BCUT2D eigenvalue weighted by molar-refractivity contribution is 6.32. The van der Waals surface area contributed by atoms with Gasteiger partial charge < -0.3 is 15.1 Å². The number of imide groups is 2. The van der Waals surface area contributed by atoms with E-state index in [2.05, 4.69) is 38.5 Å². The van der Waals surface area contributed by atoms with Gasteiger partial charge in [-0.15, -0.1) is 0 Å². The lowest BCUT2D eigenvalue weighted by Gasteiger charge is -2.36. The Morgan fingerprint density at radius 1 is 0.891 bits per heavy atom. The van der Waals surface area contributed by atoms with Crippen LogP contribution >= 0.6 is 11.6 Å². The van der Waals surface area contributed by atoms with Gasteiger partial charge in [-0.05, 0) is 117 Å². The molecule has 1 atom stereocenters. The molecule has 2 N–H and O–H groups in total. The van der Waals surface area contributed by atoms with E-state index in [0.29, 0.717) is 52.3 Å². The minimum absolute atomic E-state index is 0.0434. The SMILES string of the molecule is CN(c1ccc(C#N)c(Cl)c1)C1CCC(NC(=O)c2ccc(N3CCC(CN4Cc5cc6c(cc5C4)C(=O)N([C@@H]4CCC(=O)NC4=O)C6=O)CC3)cc2)CC1. The van der Waals surface area contributed by atoms with Gasteiger partial charge in [-0.1, -0.05) is 11.6 Å². The van der Waals surface area contributed by atoms with Crippen molar-refractivity contribution in [3.05, 3.63) is 93.0 Å². The number of halogens is 1. The molecule has 0 spiro atoms. The third-order valence-electron chi connectivity index (χ3n) is 12.2. The maximum atomic E-state index is 13.3. The van der Waals surface area contributed by atoms with Crippen molar-refractivity contribution in [2.75, 3.05) is 36.5 Å². The Morgan fingerprint density at radius 3 is 2.15 bits per heavy atom. The van der Waals surface area contributed by atoms with Crippen molar-refractivity contribution in [1.29, 1.82) is 5.26 Å². The summed E-state index contributed by atoms with van der Waals surface area (Å²) in [5.74, 6) is -1.44. The number of nitrogens with zero attached hydrogens (tertiary/aromatic N) is 5. The summed E-state index contributed by atoms with van der Waals surface area (Å²) in [6.45, 7) is 4.20. The average molecular weight is 762 g/mol. The van der Waals surface area contributed by atoms with E-state index in [1.165, 1.54) is 0 Å². The monoisotopic (exact) mass is 761 g/mol. The molecule has 0 aromatic heterocycles. The summed E-state index contributed by atoms with van der Waals surface area (Å²) >= 11 is 6.27. The predicted molar refractivity (Wildman–Crippen MR) is 207 cm³/mol. The van der Waals surface area contributed by atoms with E-state index in [4.69, 9.17) is 11.6 Å². The summed E-state index contributed by atoms with van der Waals surface area (Å²) in [5.41, 5.74) is 6.00. The van der Waals surface area contributed by atoms with Crippen molar-refractivity contribution in [2.45, 2.75) is 82.6 Å². The number of piperidine rings is 2. The first kappa shape index (κ1) is 36.7. The smallest absolute Gasteiger partial charge is 0.262 e. The number of rotatable bonds is 8. The van der Waals surface area contributed by atoms with Gasteiger partial charge in [-0.25, -0.2) is 0 Å². The van der Waals surface area contributed by atoms with E-state index < -0.39 is 23.8 Å². The highest BCUT2D eigenvalue weighted by Gasteiger charge is 2.45. The number of nitriles is 1. The Morgan fingerprint density at radius 2 is 1.55 bits per heavy atom. The lowest BCUT2D eigenvalue weighted by Crippen LogP contribution is -2.54. The Kier molecular flexibility index (Phi) is 10.1. The van der Waals surface area contributed by atoms with Gasteiger partial charge in [-0.2, -0.15) is 5.26 Å². The first-order valence-electron chi connectivity index (χ1n) is 19.2. The van der Waals surface area contributed by atoms with Crippen LogP contribution < -0.4 is 20.4 Å². The number of benzene rings is 3. The quantitative estimate of drug-likeness (QED) is 0.302. The maximum absolute atomic E-state index is 13.3. The van der Waals surface area contributed by atoms with Gasteiger partial charge in [0.15, 0.2) is 0 Å². The average Bonchev–Trinajstić information content (AvgIpc) is 3.69. The molecule has 5 aliphatic rings. The van der Waals surface area contributed by atoms with Gasteiger partial charge in [-0.3, -0.25) is 39.1 Å². The van der Waals surface area contributed by atoms with Gasteiger partial charge in [0.1, 0.15) is 12.1 Å². The van der Waals surface area contributed by atoms with Gasteiger partial charge in [0.2, 0.25) is 11.8 Å². The lowest BCUT2D eigenvalue weighted by atomic mass is 9.90. The summed E-state index contributed by atoms with van der Waals surface area (Å²) in [6, 6.07) is 18.7. The number of anilines is 2. The highest BCUT2D eigenvalue weighted by Crippen LogP contribution is 2.35. The zero-order valence-electron chi connectivity index (χ0n) is 30.9. The van der Waals surface area contributed by atoms with Crippen LogP contribution in [-0.4, -0.2) is 84.1 Å². The first-order chi connectivity index (χ1) is 26.6. The van der Waals surface area contributed by atoms with Crippen LogP contribution in [0.2, 0.25) is 5.02 Å². The van der Waals surface area contributed by atoms with Crippen molar-refractivity contribution < 1.29 is 24.0 Å². The molecule has 1 saturated carbocycles. The van der Waals surface area contributed by atoms with Crippen LogP contribution in [-0.2, 0) is 22.7 Å². The number of fused-ring (bicyclic) bond motifs is 2. The fourth-order valence-corrected chi connectivity index (χ4v) is 9.25. The minimum atomic E-state index is -0.960. The molecule has 0 unspecified atom stereocenters. The molecule has 4 heterocycles. The lowest BCUT2D eigenvalue weighted by molar-refractivity contribution is -0.136. The van der Waals surface area contributed by atoms with Crippen molar-refractivity contribution in [2.24, 2.45) is 5.92 Å². The summed E-state index contributed by atoms with van der Waals surface area (Å²) in [7, 11) is 2.06. The standard InChI is InChI=1S/C42H44ClN7O5/c1-47(33-9-4-27(21-44)36(43)20-33)31-10-5-30(6-11-31)45-39(52)26-2-7-32(8-3-26)49-16-14-25(15-17-49)22-48-23-28-18-34-35(19-29(28)24-48)42(55)50(41(34)54)37-12-13-38(51)46-40(37)53/h2-4,7-9,18-20,25,30-31,37H,5-6,10-17,22-24H2,1H3,(H,45,52)(H,46,51,53)/t30?,31?,37-/m1/s1. The van der Waals surface area contributed by atoms with Crippen molar-refractivity contribution in [3.63, 3.8) is 0 Å². The zero-order chi connectivity index (χ0) is 38.4. The summed E-state index contributed by atoms with van der Waals surface area (Å²) in [5, 5.41) is 15.1. The first-order valence-corrected chi connectivity index (χ1v) is 19.6. The molecule has 2 saturated heterocycles. The van der Waals surface area contributed by atoms with Gasteiger partial charge in [0, 0.05) is 75.2 Å². The highest BCUT2D eigenvalue weighted by atomic mass is 35.5. The minimum Gasteiger partial charge on any atom is -0.372 e. The number of carbonyl (C=O) groups excluding carboxylic acids is 5. The van der Waals surface area contributed by atoms with Gasteiger partial charge in [0.25, 0.3) is 17.7 Å². The Hall–Kier alpha value is -5.25. The Bertz CT molecular complexity index is 2050. The normalized spacial score (nSPS) is 23.0. The van der Waals surface area contributed by atoms with Crippen molar-refractivity contribution in [1.82, 2.24) is 20.4 Å². The van der Waals surface area contributed by atoms with Crippen LogP contribution in [0, 0.1) is 17.2 Å². The molecule has 284 valence electrons. The second-order valence-electron chi connectivity index (χ2n) is 15.6. The molecular formula is C42H44ClN7O5. The summed E-state index contributed by atoms with van der Waals surface area (Å²) in [6.07, 6.45) is 6.03.